The van der Waals surface area contributed by atoms with E-state index in [-0.39, 0.29) is 6.54 Å². The molecule has 6 heteroatoms. The molecule has 2 N–H and O–H groups in total. The molecule has 0 amide bonds. The first kappa shape index (κ1) is 14.9. The maximum Gasteiger partial charge on any atom is 0.217 e. The Bertz CT molecular complexity index is 309. The zero-order valence-corrected chi connectivity index (χ0v) is 11.6. The smallest absolute Gasteiger partial charge is 0.217 e. The zero-order chi connectivity index (χ0) is 12.9. The molecule has 0 aliphatic carbocycles. The van der Waals surface area contributed by atoms with Crippen molar-refractivity contribution in [2.75, 3.05) is 33.4 Å². The lowest BCUT2D eigenvalue weighted by Crippen LogP contribution is -2.42. The van der Waals surface area contributed by atoms with Crippen molar-refractivity contribution in [3.63, 3.8) is 0 Å². The first-order chi connectivity index (χ1) is 8.02. The Kier molecular flexibility index (Phi) is 5.85. The van der Waals surface area contributed by atoms with Crippen molar-refractivity contribution in [2.24, 2.45) is 11.7 Å². The molecule has 102 valence electrons. The average Bonchev–Trinajstić information content (AvgIpc) is 2.31. The Morgan fingerprint density at radius 3 is 2.47 bits per heavy atom. The van der Waals surface area contributed by atoms with Crippen LogP contribution in [0.2, 0.25) is 0 Å². The van der Waals surface area contributed by atoms with Gasteiger partial charge in [0.1, 0.15) is 0 Å². The average molecular weight is 264 g/mol. The van der Waals surface area contributed by atoms with Gasteiger partial charge < -0.3 is 10.5 Å². The van der Waals surface area contributed by atoms with Gasteiger partial charge in [0.05, 0.1) is 5.25 Å². The maximum atomic E-state index is 12.2. The van der Waals surface area contributed by atoms with Gasteiger partial charge in [0.25, 0.3) is 0 Å². The van der Waals surface area contributed by atoms with Gasteiger partial charge in [0.2, 0.25) is 10.0 Å². The summed E-state index contributed by atoms with van der Waals surface area (Å²) in [6.07, 6.45) is 2.45. The van der Waals surface area contributed by atoms with Gasteiger partial charge in [-0.25, -0.2) is 12.7 Å². The molecule has 0 bridgehead atoms. The standard InChI is InChI=1S/C11H24N2O3S/c1-3-11(8-12)17(14,15)13(2)9-10-4-6-16-7-5-10/h10-11H,3-9,12H2,1-2H3. The SMILES string of the molecule is CCC(CN)S(=O)(=O)N(C)CC1CCOCC1. The number of nitrogens with zero attached hydrogens (tertiary/aromatic N) is 1. The van der Waals surface area contributed by atoms with Crippen LogP contribution in [0.25, 0.3) is 0 Å². The topological polar surface area (TPSA) is 72.6 Å². The fourth-order valence-corrected chi connectivity index (χ4v) is 3.74. The van der Waals surface area contributed by atoms with Crippen LogP contribution in [0.4, 0.5) is 0 Å². The fourth-order valence-electron chi connectivity index (χ4n) is 2.15. The van der Waals surface area contributed by atoms with E-state index in [1.54, 1.807) is 7.05 Å². The monoisotopic (exact) mass is 264 g/mol. The van der Waals surface area contributed by atoms with E-state index in [9.17, 15) is 8.42 Å². The van der Waals surface area contributed by atoms with Crippen LogP contribution < -0.4 is 5.73 Å². The fraction of sp³-hybridized carbons (Fsp3) is 1.00. The van der Waals surface area contributed by atoms with E-state index in [1.807, 2.05) is 6.92 Å². The lowest BCUT2D eigenvalue weighted by atomic mass is 10.0. The van der Waals surface area contributed by atoms with E-state index in [0.29, 0.717) is 18.9 Å². The van der Waals surface area contributed by atoms with E-state index in [1.165, 1.54) is 4.31 Å². The maximum absolute atomic E-state index is 12.2. The molecule has 0 aromatic heterocycles. The lowest BCUT2D eigenvalue weighted by Gasteiger charge is -2.28. The number of nitrogens with two attached hydrogens (primary N) is 1. The summed E-state index contributed by atoms with van der Waals surface area (Å²) in [5, 5.41) is -0.452. The minimum absolute atomic E-state index is 0.191. The van der Waals surface area contributed by atoms with Gasteiger partial charge >= 0.3 is 0 Å². The molecule has 1 heterocycles. The van der Waals surface area contributed by atoms with E-state index in [4.69, 9.17) is 10.5 Å². The highest BCUT2D eigenvalue weighted by Crippen LogP contribution is 2.18. The van der Waals surface area contributed by atoms with Crippen molar-refractivity contribution in [1.82, 2.24) is 4.31 Å². The van der Waals surface area contributed by atoms with E-state index < -0.39 is 15.3 Å². The third-order valence-corrected chi connectivity index (χ3v) is 5.82. The van der Waals surface area contributed by atoms with Crippen LogP contribution >= 0.6 is 0 Å². The second-order valence-electron chi connectivity index (χ2n) is 4.65. The summed E-state index contributed by atoms with van der Waals surface area (Å²) in [6, 6.07) is 0. The van der Waals surface area contributed by atoms with E-state index >= 15 is 0 Å². The molecular weight excluding hydrogens is 240 g/mol. The van der Waals surface area contributed by atoms with Crippen molar-refractivity contribution in [1.29, 1.82) is 0 Å². The van der Waals surface area contributed by atoms with Gasteiger partial charge in [-0.2, -0.15) is 0 Å². The Labute approximate surface area is 104 Å². The predicted molar refractivity (Wildman–Crippen MR) is 68.2 cm³/mol. The van der Waals surface area contributed by atoms with Crippen molar-refractivity contribution in [2.45, 2.75) is 31.4 Å². The number of ether oxygens (including phenoxy) is 1. The molecule has 1 aliphatic heterocycles. The first-order valence-electron chi connectivity index (χ1n) is 6.25. The van der Waals surface area contributed by atoms with Crippen LogP contribution in [0, 0.1) is 5.92 Å². The van der Waals surface area contributed by atoms with Gasteiger partial charge in [0, 0.05) is 33.4 Å². The highest BCUT2D eigenvalue weighted by molar-refractivity contribution is 7.89. The Morgan fingerprint density at radius 1 is 1.41 bits per heavy atom. The number of sulfonamides is 1. The summed E-state index contributed by atoms with van der Waals surface area (Å²) in [7, 11) is -1.58. The van der Waals surface area contributed by atoms with Crippen LogP contribution in [0.1, 0.15) is 26.2 Å². The predicted octanol–water partition coefficient (Wildman–Crippen LogP) is 0.412. The van der Waals surface area contributed by atoms with Gasteiger partial charge in [-0.05, 0) is 25.2 Å². The molecule has 0 saturated carbocycles. The van der Waals surface area contributed by atoms with Crippen LogP contribution in [0.15, 0.2) is 0 Å². The lowest BCUT2D eigenvalue weighted by molar-refractivity contribution is 0.0619. The second-order valence-corrected chi connectivity index (χ2v) is 6.97. The van der Waals surface area contributed by atoms with Crippen LogP contribution in [0.3, 0.4) is 0 Å². The van der Waals surface area contributed by atoms with Crippen molar-refractivity contribution < 1.29 is 13.2 Å². The molecule has 1 unspecified atom stereocenters. The largest absolute Gasteiger partial charge is 0.381 e. The van der Waals surface area contributed by atoms with Gasteiger partial charge in [-0.1, -0.05) is 6.92 Å². The third-order valence-electron chi connectivity index (χ3n) is 3.43. The van der Waals surface area contributed by atoms with Crippen molar-refractivity contribution in [3.8, 4) is 0 Å². The van der Waals surface area contributed by atoms with Crippen LogP contribution in [-0.4, -0.2) is 51.3 Å². The summed E-state index contributed by atoms with van der Waals surface area (Å²) >= 11 is 0. The molecule has 1 rings (SSSR count). The molecular formula is C11H24N2O3S. The first-order valence-corrected chi connectivity index (χ1v) is 7.75. The molecule has 1 fully saturated rings. The molecule has 0 aromatic rings. The van der Waals surface area contributed by atoms with E-state index in [2.05, 4.69) is 0 Å². The molecule has 1 atom stereocenters. The number of hydrogen-bond donors (Lipinski definition) is 1. The minimum Gasteiger partial charge on any atom is -0.381 e. The Hall–Kier alpha value is -0.170. The van der Waals surface area contributed by atoms with Crippen molar-refractivity contribution in [3.05, 3.63) is 0 Å². The minimum atomic E-state index is -3.23. The summed E-state index contributed by atoms with van der Waals surface area (Å²) in [4.78, 5) is 0. The third kappa shape index (κ3) is 3.91. The normalized spacial score (nSPS) is 20.7. The molecule has 0 radical (unpaired) electrons. The Morgan fingerprint density at radius 2 is 2.00 bits per heavy atom. The van der Waals surface area contributed by atoms with Crippen LogP contribution in [0.5, 0.6) is 0 Å². The molecule has 5 nitrogen and oxygen atoms in total. The molecule has 17 heavy (non-hydrogen) atoms. The molecule has 0 aromatic carbocycles. The summed E-state index contributed by atoms with van der Waals surface area (Å²) in [5.41, 5.74) is 5.51. The highest BCUT2D eigenvalue weighted by Gasteiger charge is 2.29. The van der Waals surface area contributed by atoms with Gasteiger partial charge in [-0.15, -0.1) is 0 Å². The summed E-state index contributed by atoms with van der Waals surface area (Å²) in [6.45, 7) is 4.12. The summed E-state index contributed by atoms with van der Waals surface area (Å²) in [5.74, 6) is 0.416. The van der Waals surface area contributed by atoms with Crippen molar-refractivity contribution >= 4 is 10.0 Å². The number of rotatable bonds is 6. The quantitative estimate of drug-likeness (QED) is 0.754. The van der Waals surface area contributed by atoms with Gasteiger partial charge in [0.15, 0.2) is 0 Å². The zero-order valence-electron chi connectivity index (χ0n) is 10.8. The second kappa shape index (κ2) is 6.68. The van der Waals surface area contributed by atoms with Gasteiger partial charge in [-0.3, -0.25) is 0 Å². The molecule has 1 aliphatic rings. The molecule has 0 spiro atoms. The molecule has 1 saturated heterocycles. The van der Waals surface area contributed by atoms with E-state index in [0.717, 1.165) is 26.1 Å². The Balaban J connectivity index is 2.58. The number of hydrogen-bond acceptors (Lipinski definition) is 4. The highest BCUT2D eigenvalue weighted by atomic mass is 32.2. The summed E-state index contributed by atoms with van der Waals surface area (Å²) < 4.78 is 31.1. The van der Waals surface area contributed by atoms with Crippen LogP contribution in [-0.2, 0) is 14.8 Å².